The number of carboxylic acids is 1. The summed E-state index contributed by atoms with van der Waals surface area (Å²) in [6, 6.07) is 2.88. The first-order chi connectivity index (χ1) is 10.3. The molecule has 0 amide bonds. The van der Waals surface area contributed by atoms with Crippen LogP contribution in [0.1, 0.15) is 18.2 Å². The number of methoxy groups -OCH3 is 2. The van der Waals surface area contributed by atoms with E-state index in [-0.39, 0.29) is 10.8 Å². The number of aromatic nitrogens is 1. The number of hydrogen-bond acceptors (Lipinski definition) is 5. The molecule has 0 aliphatic heterocycles. The Balaban J connectivity index is 2.42. The van der Waals surface area contributed by atoms with Crippen LogP contribution in [0.5, 0.6) is 11.6 Å². The second-order valence-electron chi connectivity index (χ2n) is 4.85. The lowest BCUT2D eigenvalue weighted by Crippen LogP contribution is -2.21. The van der Waals surface area contributed by atoms with Crippen LogP contribution in [-0.2, 0) is 10.7 Å². The molecule has 0 radical (unpaired) electrons. The highest BCUT2D eigenvalue weighted by Gasteiger charge is 2.37. The lowest BCUT2D eigenvalue weighted by Gasteiger charge is -2.16. The molecule has 0 bridgehead atoms. The van der Waals surface area contributed by atoms with Crippen molar-refractivity contribution in [3.63, 3.8) is 0 Å². The molecule has 2 rings (SSSR count). The van der Waals surface area contributed by atoms with Gasteiger partial charge in [-0.05, 0) is 12.1 Å². The van der Waals surface area contributed by atoms with Crippen LogP contribution < -0.4 is 9.47 Å². The second-order valence-corrected chi connectivity index (χ2v) is 5.88. The molecule has 2 aromatic rings. The molecule has 22 heavy (non-hydrogen) atoms. The zero-order valence-corrected chi connectivity index (χ0v) is 13.0. The van der Waals surface area contributed by atoms with Crippen LogP contribution in [-0.4, -0.2) is 30.3 Å². The Morgan fingerprint density at radius 1 is 1.41 bits per heavy atom. The lowest BCUT2D eigenvalue weighted by molar-refractivity contribution is -0.144. The lowest BCUT2D eigenvalue weighted by atomic mass is 10.0. The number of hydrogen-bond donors (Lipinski definition) is 1. The van der Waals surface area contributed by atoms with Gasteiger partial charge >= 0.3 is 5.97 Å². The van der Waals surface area contributed by atoms with E-state index in [0.29, 0.717) is 16.0 Å². The van der Waals surface area contributed by atoms with Crippen LogP contribution in [0.4, 0.5) is 8.78 Å². The molecule has 0 spiro atoms. The molecule has 0 saturated carbocycles. The van der Waals surface area contributed by atoms with Gasteiger partial charge in [0.25, 0.3) is 11.8 Å². The molecule has 5 nitrogen and oxygen atoms in total. The zero-order chi connectivity index (χ0) is 16.5. The summed E-state index contributed by atoms with van der Waals surface area (Å²) in [6.07, 6.45) is -0.760. The molecule has 1 N–H and O–H groups in total. The molecule has 0 fully saturated rings. The van der Waals surface area contributed by atoms with Crippen LogP contribution in [0.15, 0.2) is 12.1 Å². The number of rotatable bonds is 6. The molecule has 1 atom stereocenters. The van der Waals surface area contributed by atoms with Crippen molar-refractivity contribution >= 4 is 27.5 Å². The number of fused-ring (bicyclic) bond motifs is 1. The van der Waals surface area contributed by atoms with Gasteiger partial charge in [0.05, 0.1) is 25.0 Å². The Kier molecular flexibility index (Phi) is 4.50. The predicted molar refractivity (Wildman–Crippen MR) is 78.0 cm³/mol. The highest BCUT2D eigenvalue weighted by molar-refractivity contribution is 7.18. The summed E-state index contributed by atoms with van der Waals surface area (Å²) >= 11 is 0.817. The molecular formula is C14H15F2NO4S. The Hall–Kier alpha value is -1.96. The number of nitrogens with zero attached hydrogens (tertiary/aromatic N) is 1. The minimum atomic E-state index is -3.23. The largest absolute Gasteiger partial charge is 0.491 e. The summed E-state index contributed by atoms with van der Waals surface area (Å²) in [5, 5.41) is 9.29. The van der Waals surface area contributed by atoms with Crippen molar-refractivity contribution in [2.45, 2.75) is 19.3 Å². The van der Waals surface area contributed by atoms with Gasteiger partial charge in [0.1, 0.15) is 4.83 Å². The van der Waals surface area contributed by atoms with E-state index >= 15 is 0 Å². The first-order valence-electron chi connectivity index (χ1n) is 6.42. The standard InChI is InChI=1S/C14H15F2NO4S/c1-7(13(18)19)6-14(15,16)10-5-8-4-9(20-2)11(21-3)17-12(8)22-10/h4-5,7H,6H2,1-3H3,(H,18,19)/t7-/m0/s1. The molecule has 0 aromatic carbocycles. The normalized spacial score (nSPS) is 13.1. The van der Waals surface area contributed by atoms with E-state index in [9.17, 15) is 13.6 Å². The van der Waals surface area contributed by atoms with E-state index in [1.54, 1.807) is 6.07 Å². The van der Waals surface area contributed by atoms with Gasteiger partial charge in [0.15, 0.2) is 5.75 Å². The minimum Gasteiger partial charge on any atom is -0.491 e. The van der Waals surface area contributed by atoms with Crippen LogP contribution in [0, 0.1) is 5.92 Å². The quantitative estimate of drug-likeness (QED) is 0.877. The Bertz CT molecular complexity index is 660. The van der Waals surface area contributed by atoms with Crippen molar-refractivity contribution in [2.75, 3.05) is 14.2 Å². The van der Waals surface area contributed by atoms with Gasteiger partial charge in [-0.1, -0.05) is 6.92 Å². The van der Waals surface area contributed by atoms with Crippen LogP contribution in [0.2, 0.25) is 0 Å². The summed E-state index contributed by atoms with van der Waals surface area (Å²) in [6.45, 7) is 1.26. The number of aliphatic carboxylic acids is 1. The van der Waals surface area contributed by atoms with Crippen LogP contribution in [0.3, 0.4) is 0 Å². The average molecular weight is 331 g/mol. The smallest absolute Gasteiger partial charge is 0.306 e. The Morgan fingerprint density at radius 2 is 2.09 bits per heavy atom. The SMILES string of the molecule is COc1cc2cc(C(F)(F)C[C@H](C)C(=O)O)sc2nc1OC. The third-order valence-electron chi connectivity index (χ3n) is 3.20. The fraction of sp³-hybridized carbons (Fsp3) is 0.429. The molecule has 2 heterocycles. The third-order valence-corrected chi connectivity index (χ3v) is 4.36. The van der Waals surface area contributed by atoms with Crippen molar-refractivity contribution in [1.82, 2.24) is 4.98 Å². The number of carbonyl (C=O) groups is 1. The fourth-order valence-electron chi connectivity index (χ4n) is 1.98. The van der Waals surface area contributed by atoms with Crippen molar-refractivity contribution in [2.24, 2.45) is 5.92 Å². The van der Waals surface area contributed by atoms with Gasteiger partial charge in [-0.15, -0.1) is 11.3 Å². The molecule has 2 aromatic heterocycles. The number of alkyl halides is 2. The number of carboxylic acid groups (broad SMARTS) is 1. The van der Waals surface area contributed by atoms with Crippen molar-refractivity contribution in [3.8, 4) is 11.6 Å². The summed E-state index contributed by atoms with van der Waals surface area (Å²) < 4.78 is 38.6. The van der Waals surface area contributed by atoms with E-state index < -0.39 is 24.2 Å². The van der Waals surface area contributed by atoms with Gasteiger partial charge < -0.3 is 14.6 Å². The number of ether oxygens (including phenoxy) is 2. The number of thiophene rings is 1. The van der Waals surface area contributed by atoms with Gasteiger partial charge in [-0.2, -0.15) is 4.98 Å². The predicted octanol–water partition coefficient (Wildman–Crippen LogP) is 3.52. The number of halogens is 2. The summed E-state index contributed by atoms with van der Waals surface area (Å²) in [5.74, 6) is -5.06. The maximum absolute atomic E-state index is 14.2. The first kappa shape index (κ1) is 16.4. The fourth-order valence-corrected chi connectivity index (χ4v) is 2.97. The monoisotopic (exact) mass is 331 g/mol. The molecular weight excluding hydrogens is 316 g/mol. The van der Waals surface area contributed by atoms with E-state index in [1.165, 1.54) is 27.2 Å². The van der Waals surface area contributed by atoms with Crippen molar-refractivity contribution < 1.29 is 28.2 Å². The maximum Gasteiger partial charge on any atom is 0.306 e. The topological polar surface area (TPSA) is 68.7 Å². The highest BCUT2D eigenvalue weighted by atomic mass is 32.1. The van der Waals surface area contributed by atoms with Crippen LogP contribution >= 0.6 is 11.3 Å². The van der Waals surface area contributed by atoms with Gasteiger partial charge in [-0.3, -0.25) is 4.79 Å². The van der Waals surface area contributed by atoms with Crippen LogP contribution in [0.25, 0.3) is 10.2 Å². The van der Waals surface area contributed by atoms with E-state index in [0.717, 1.165) is 11.3 Å². The number of pyridine rings is 1. The Labute approximate surface area is 129 Å². The van der Waals surface area contributed by atoms with E-state index in [4.69, 9.17) is 14.6 Å². The molecule has 8 heteroatoms. The second kappa shape index (κ2) is 6.04. The molecule has 0 aliphatic rings. The summed E-state index contributed by atoms with van der Waals surface area (Å²) in [5.41, 5.74) is 0. The maximum atomic E-state index is 14.2. The van der Waals surface area contributed by atoms with Crippen molar-refractivity contribution in [1.29, 1.82) is 0 Å². The third kappa shape index (κ3) is 3.11. The van der Waals surface area contributed by atoms with E-state index in [2.05, 4.69) is 4.98 Å². The minimum absolute atomic E-state index is 0.214. The first-order valence-corrected chi connectivity index (χ1v) is 7.23. The van der Waals surface area contributed by atoms with Crippen molar-refractivity contribution in [3.05, 3.63) is 17.0 Å². The average Bonchev–Trinajstić information content (AvgIpc) is 2.88. The highest BCUT2D eigenvalue weighted by Crippen LogP contribution is 2.42. The molecule has 0 unspecified atom stereocenters. The molecule has 0 saturated heterocycles. The van der Waals surface area contributed by atoms with Gasteiger partial charge in [0.2, 0.25) is 0 Å². The summed E-state index contributed by atoms with van der Waals surface area (Å²) in [7, 11) is 2.84. The molecule has 120 valence electrons. The van der Waals surface area contributed by atoms with Gasteiger partial charge in [0, 0.05) is 11.8 Å². The van der Waals surface area contributed by atoms with E-state index in [1.807, 2.05) is 0 Å². The zero-order valence-electron chi connectivity index (χ0n) is 12.2. The molecule has 0 aliphatic carbocycles. The Morgan fingerprint density at radius 3 is 2.64 bits per heavy atom. The van der Waals surface area contributed by atoms with Gasteiger partial charge in [-0.25, -0.2) is 8.78 Å². The summed E-state index contributed by atoms with van der Waals surface area (Å²) in [4.78, 5) is 15.1.